The number of aromatic nitrogens is 2. The molecule has 1 fully saturated rings. The van der Waals surface area contributed by atoms with E-state index in [9.17, 15) is 4.79 Å². The van der Waals surface area contributed by atoms with Crippen molar-refractivity contribution in [3.8, 4) is 5.88 Å². The molecule has 0 aliphatic carbocycles. The maximum Gasteiger partial charge on any atom is 0.276 e. The quantitative estimate of drug-likeness (QED) is 0.580. The summed E-state index contributed by atoms with van der Waals surface area (Å²) < 4.78 is 5.68. The first-order valence-electron chi connectivity index (χ1n) is 11.2. The number of nitrogens with two attached hydrogens (primary N) is 2. The van der Waals surface area contributed by atoms with E-state index in [-0.39, 0.29) is 17.6 Å². The van der Waals surface area contributed by atoms with Crippen molar-refractivity contribution in [2.75, 3.05) is 35.6 Å². The summed E-state index contributed by atoms with van der Waals surface area (Å²) in [6, 6.07) is 7.94. The molecule has 5 N–H and O–H groups in total. The number of amides is 1. The minimum Gasteiger partial charge on any atom is -0.477 e. The molecule has 8 nitrogen and oxygen atoms in total. The molecule has 1 amide bonds. The van der Waals surface area contributed by atoms with E-state index in [1.165, 1.54) is 0 Å². The molecule has 166 valence electrons. The Labute approximate surface area is 187 Å². The summed E-state index contributed by atoms with van der Waals surface area (Å²) in [5.41, 5.74) is 17.5. The number of pyridine rings is 2. The molecule has 0 radical (unpaired) electrons. The Balaban J connectivity index is 1.51. The highest BCUT2D eigenvalue weighted by Gasteiger charge is 2.28. The van der Waals surface area contributed by atoms with Gasteiger partial charge in [-0.15, -0.1) is 0 Å². The predicted molar refractivity (Wildman–Crippen MR) is 126 cm³/mol. The minimum atomic E-state index is -0.352. The number of anilines is 3. The Morgan fingerprint density at radius 2 is 2.22 bits per heavy atom. The Bertz CT molecular complexity index is 1190. The Hall–Kier alpha value is -3.39. The fourth-order valence-corrected chi connectivity index (χ4v) is 4.60. The van der Waals surface area contributed by atoms with Crippen molar-refractivity contribution in [1.29, 1.82) is 0 Å². The van der Waals surface area contributed by atoms with Crippen LogP contribution in [-0.2, 0) is 12.8 Å². The lowest BCUT2D eigenvalue weighted by Crippen LogP contribution is -2.43. The summed E-state index contributed by atoms with van der Waals surface area (Å²) in [5, 5.41) is 3.93. The highest BCUT2D eigenvalue weighted by Crippen LogP contribution is 2.39. The lowest BCUT2D eigenvalue weighted by atomic mass is 10.0. The lowest BCUT2D eigenvalue weighted by Gasteiger charge is -2.34. The minimum absolute atomic E-state index is 0.101. The number of hydrogen-bond donors (Lipinski definition) is 3. The molecule has 8 heteroatoms. The summed E-state index contributed by atoms with van der Waals surface area (Å²) in [7, 11) is 0. The van der Waals surface area contributed by atoms with Gasteiger partial charge in [0, 0.05) is 36.5 Å². The number of benzene rings is 1. The standard InChI is InChI=1S/C24H28N6O2/c1-2-14-5-6-15-11-18(26)21(28-19(15)10-14)23(31)29-20-12-27-24-17(7-9-32-24)22(20)30-8-3-4-16(25)13-30/h5-6,10-12,16H,2-4,7-9,13,25-26H2,1H3,(H,29,31). The van der Waals surface area contributed by atoms with E-state index in [1.54, 1.807) is 12.3 Å². The Kier molecular flexibility index (Phi) is 5.30. The van der Waals surface area contributed by atoms with E-state index in [2.05, 4.69) is 33.2 Å². The van der Waals surface area contributed by atoms with E-state index in [4.69, 9.17) is 16.2 Å². The second-order valence-corrected chi connectivity index (χ2v) is 8.51. The zero-order chi connectivity index (χ0) is 22.2. The normalized spacial score (nSPS) is 17.8. The van der Waals surface area contributed by atoms with Crippen LogP contribution in [0.5, 0.6) is 5.88 Å². The van der Waals surface area contributed by atoms with E-state index in [1.807, 2.05) is 12.1 Å². The van der Waals surface area contributed by atoms with Gasteiger partial charge in [0.05, 0.1) is 35.4 Å². The van der Waals surface area contributed by atoms with Crippen molar-refractivity contribution >= 4 is 33.9 Å². The third-order valence-electron chi connectivity index (χ3n) is 6.26. The molecular formula is C24H28N6O2. The summed E-state index contributed by atoms with van der Waals surface area (Å²) in [6.07, 6.45) is 5.31. The monoisotopic (exact) mass is 432 g/mol. The second kappa shape index (κ2) is 8.27. The number of piperidine rings is 1. The van der Waals surface area contributed by atoms with Crippen molar-refractivity contribution in [3.05, 3.63) is 47.3 Å². The van der Waals surface area contributed by atoms with Gasteiger partial charge in [-0.25, -0.2) is 9.97 Å². The van der Waals surface area contributed by atoms with Crippen molar-refractivity contribution in [2.24, 2.45) is 5.73 Å². The van der Waals surface area contributed by atoms with Crippen molar-refractivity contribution in [3.63, 3.8) is 0 Å². The molecule has 1 unspecified atom stereocenters. The molecule has 3 aromatic rings. The second-order valence-electron chi connectivity index (χ2n) is 8.51. The number of nitrogens with one attached hydrogen (secondary N) is 1. The lowest BCUT2D eigenvalue weighted by molar-refractivity contribution is 0.102. The third-order valence-corrected chi connectivity index (χ3v) is 6.26. The number of fused-ring (bicyclic) bond motifs is 2. The first kappa shape index (κ1) is 20.5. The highest BCUT2D eigenvalue weighted by atomic mass is 16.5. The molecule has 1 aromatic carbocycles. The largest absolute Gasteiger partial charge is 0.477 e. The van der Waals surface area contributed by atoms with Gasteiger partial charge in [-0.3, -0.25) is 4.79 Å². The summed E-state index contributed by atoms with van der Waals surface area (Å²) in [4.78, 5) is 24.5. The number of ether oxygens (including phenoxy) is 1. The number of nitrogens with zero attached hydrogens (tertiary/aromatic N) is 3. The summed E-state index contributed by atoms with van der Waals surface area (Å²) in [6.45, 7) is 4.29. The van der Waals surface area contributed by atoms with Crippen LogP contribution in [0.2, 0.25) is 0 Å². The average Bonchev–Trinajstić information content (AvgIpc) is 3.27. The van der Waals surface area contributed by atoms with Crippen LogP contribution < -0.4 is 26.4 Å². The molecule has 0 bridgehead atoms. The van der Waals surface area contributed by atoms with Crippen LogP contribution in [0.3, 0.4) is 0 Å². The van der Waals surface area contributed by atoms with Crippen molar-refractivity contribution in [2.45, 2.75) is 38.6 Å². The summed E-state index contributed by atoms with van der Waals surface area (Å²) in [5.74, 6) is 0.280. The van der Waals surface area contributed by atoms with Crippen LogP contribution in [0, 0.1) is 0 Å². The smallest absolute Gasteiger partial charge is 0.276 e. The molecule has 2 aromatic heterocycles. The summed E-state index contributed by atoms with van der Waals surface area (Å²) >= 11 is 0. The van der Waals surface area contributed by atoms with E-state index in [0.717, 1.165) is 66.5 Å². The number of carbonyl (C=O) groups is 1. The predicted octanol–water partition coefficient (Wildman–Crippen LogP) is 2.89. The van der Waals surface area contributed by atoms with Gasteiger partial charge >= 0.3 is 0 Å². The van der Waals surface area contributed by atoms with Crippen molar-refractivity contribution < 1.29 is 9.53 Å². The van der Waals surface area contributed by atoms with Crippen LogP contribution in [-0.4, -0.2) is 41.6 Å². The van der Waals surface area contributed by atoms with E-state index >= 15 is 0 Å². The van der Waals surface area contributed by atoms with Gasteiger partial charge in [-0.1, -0.05) is 19.1 Å². The molecule has 1 atom stereocenters. The van der Waals surface area contributed by atoms with Crippen LogP contribution in [0.25, 0.3) is 10.9 Å². The SMILES string of the molecule is CCc1ccc2cc(N)c(C(=O)Nc3cnc4c(c3N3CCCC(N)C3)CCO4)nc2c1. The third kappa shape index (κ3) is 3.71. The number of hydrogen-bond acceptors (Lipinski definition) is 7. The zero-order valence-electron chi connectivity index (χ0n) is 18.2. The highest BCUT2D eigenvalue weighted by molar-refractivity contribution is 6.09. The molecular weight excluding hydrogens is 404 g/mol. The zero-order valence-corrected chi connectivity index (χ0v) is 18.2. The van der Waals surface area contributed by atoms with Gasteiger partial charge in [-0.2, -0.15) is 0 Å². The Morgan fingerprint density at radius 3 is 3.03 bits per heavy atom. The molecule has 4 heterocycles. The molecule has 1 saturated heterocycles. The van der Waals surface area contributed by atoms with Crippen LogP contribution >= 0.6 is 0 Å². The molecule has 32 heavy (non-hydrogen) atoms. The first-order valence-corrected chi connectivity index (χ1v) is 11.2. The van der Waals surface area contributed by atoms with Crippen LogP contribution in [0.15, 0.2) is 30.5 Å². The maximum atomic E-state index is 13.3. The number of rotatable bonds is 4. The van der Waals surface area contributed by atoms with Gasteiger partial charge < -0.3 is 26.4 Å². The number of aryl methyl sites for hydroxylation is 1. The van der Waals surface area contributed by atoms with Crippen LogP contribution in [0.4, 0.5) is 17.1 Å². The fraction of sp³-hybridized carbons (Fsp3) is 0.375. The first-order chi connectivity index (χ1) is 15.5. The van der Waals surface area contributed by atoms with Crippen molar-refractivity contribution in [1.82, 2.24) is 9.97 Å². The number of nitrogen functional groups attached to an aromatic ring is 1. The van der Waals surface area contributed by atoms with Crippen LogP contribution in [0.1, 0.15) is 41.4 Å². The van der Waals surface area contributed by atoms with E-state index < -0.39 is 0 Å². The molecule has 5 rings (SSSR count). The molecule has 0 spiro atoms. The van der Waals surface area contributed by atoms with Gasteiger partial charge in [0.2, 0.25) is 5.88 Å². The Morgan fingerprint density at radius 1 is 1.34 bits per heavy atom. The van der Waals surface area contributed by atoms with E-state index in [0.29, 0.717) is 23.9 Å². The van der Waals surface area contributed by atoms with Gasteiger partial charge in [0.1, 0.15) is 0 Å². The van der Waals surface area contributed by atoms with Gasteiger partial charge in [0.25, 0.3) is 5.91 Å². The molecule has 2 aliphatic rings. The molecule has 0 saturated carbocycles. The fourth-order valence-electron chi connectivity index (χ4n) is 4.60. The number of carbonyl (C=O) groups excluding carboxylic acids is 1. The van der Waals surface area contributed by atoms with Gasteiger partial charge in [0.15, 0.2) is 5.69 Å². The topological polar surface area (TPSA) is 119 Å². The molecule has 2 aliphatic heterocycles. The van der Waals surface area contributed by atoms with Gasteiger partial charge in [-0.05, 0) is 37.0 Å². The average molecular weight is 433 g/mol. The maximum absolute atomic E-state index is 13.3.